The predicted molar refractivity (Wildman–Crippen MR) is 75.6 cm³/mol. The van der Waals surface area contributed by atoms with Crippen LogP contribution < -0.4 is 10.5 Å². The van der Waals surface area contributed by atoms with Crippen LogP contribution in [-0.2, 0) is 10.0 Å². The zero-order valence-electron chi connectivity index (χ0n) is 9.62. The molecule has 98 valence electrons. The number of anilines is 2. The maximum atomic E-state index is 12.3. The SMILES string of the molecule is Nc1ccc2c(S(=O)(=O)Nc3nccs3)c[nH]c2c1. The van der Waals surface area contributed by atoms with Crippen molar-refractivity contribution < 1.29 is 8.42 Å². The smallest absolute Gasteiger partial charge is 0.265 e. The van der Waals surface area contributed by atoms with Gasteiger partial charge in [0.25, 0.3) is 10.0 Å². The lowest BCUT2D eigenvalue weighted by molar-refractivity contribution is 0.602. The lowest BCUT2D eigenvalue weighted by atomic mass is 10.2. The van der Waals surface area contributed by atoms with E-state index in [1.165, 1.54) is 17.5 Å². The summed E-state index contributed by atoms with van der Waals surface area (Å²) in [6.45, 7) is 0. The Morgan fingerprint density at radius 1 is 1.37 bits per heavy atom. The Balaban J connectivity index is 2.08. The largest absolute Gasteiger partial charge is 0.399 e. The van der Waals surface area contributed by atoms with E-state index in [2.05, 4.69) is 14.7 Å². The molecule has 0 aliphatic heterocycles. The number of hydrogen-bond donors (Lipinski definition) is 3. The molecule has 0 amide bonds. The number of fused-ring (bicyclic) bond motifs is 1. The summed E-state index contributed by atoms with van der Waals surface area (Å²) in [5.41, 5.74) is 6.91. The first-order valence-corrected chi connectivity index (χ1v) is 7.71. The number of nitrogens with zero attached hydrogens (tertiary/aromatic N) is 1. The fraction of sp³-hybridized carbons (Fsp3) is 0. The standard InChI is InChI=1S/C11H10N4O2S2/c12-7-1-2-8-9(5-7)14-6-10(8)19(16,17)15-11-13-3-4-18-11/h1-6,14H,12H2,(H,13,15). The minimum Gasteiger partial charge on any atom is -0.399 e. The van der Waals surface area contributed by atoms with E-state index in [1.807, 2.05) is 0 Å². The van der Waals surface area contributed by atoms with Crippen LogP contribution in [0.2, 0.25) is 0 Å². The highest BCUT2D eigenvalue weighted by molar-refractivity contribution is 7.93. The van der Waals surface area contributed by atoms with Gasteiger partial charge in [0, 0.05) is 34.4 Å². The van der Waals surface area contributed by atoms with E-state index in [1.54, 1.807) is 29.8 Å². The molecule has 3 aromatic rings. The van der Waals surface area contributed by atoms with Gasteiger partial charge >= 0.3 is 0 Å². The van der Waals surface area contributed by atoms with Crippen molar-refractivity contribution in [1.29, 1.82) is 0 Å². The molecular formula is C11H10N4O2S2. The minimum atomic E-state index is -3.65. The molecule has 3 rings (SSSR count). The fourth-order valence-corrected chi connectivity index (χ4v) is 3.75. The molecule has 0 unspecified atom stereocenters. The number of sulfonamides is 1. The van der Waals surface area contributed by atoms with E-state index in [4.69, 9.17) is 5.73 Å². The summed E-state index contributed by atoms with van der Waals surface area (Å²) < 4.78 is 27.0. The van der Waals surface area contributed by atoms with Crippen molar-refractivity contribution in [2.75, 3.05) is 10.5 Å². The Bertz CT molecular complexity index is 822. The Morgan fingerprint density at radius 2 is 2.21 bits per heavy atom. The Hall–Kier alpha value is -2.06. The Morgan fingerprint density at radius 3 is 2.95 bits per heavy atom. The van der Waals surface area contributed by atoms with Gasteiger partial charge in [-0.1, -0.05) is 0 Å². The number of hydrogen-bond acceptors (Lipinski definition) is 5. The van der Waals surface area contributed by atoms with Crippen molar-refractivity contribution in [3.63, 3.8) is 0 Å². The van der Waals surface area contributed by atoms with Gasteiger partial charge in [-0.2, -0.15) is 0 Å². The second kappa shape index (κ2) is 4.25. The summed E-state index contributed by atoms with van der Waals surface area (Å²) in [5, 5.41) is 2.64. The van der Waals surface area contributed by atoms with Crippen LogP contribution in [-0.4, -0.2) is 18.4 Å². The van der Waals surface area contributed by atoms with Gasteiger partial charge in [-0.05, 0) is 18.2 Å². The molecule has 2 heterocycles. The highest BCUT2D eigenvalue weighted by Crippen LogP contribution is 2.26. The third kappa shape index (κ3) is 2.15. The van der Waals surface area contributed by atoms with Crippen LogP contribution >= 0.6 is 11.3 Å². The number of H-pyrrole nitrogens is 1. The summed E-state index contributed by atoms with van der Waals surface area (Å²) in [5.74, 6) is 0. The summed E-state index contributed by atoms with van der Waals surface area (Å²) in [4.78, 5) is 6.98. The molecule has 2 aromatic heterocycles. The van der Waals surface area contributed by atoms with Gasteiger partial charge < -0.3 is 10.7 Å². The van der Waals surface area contributed by atoms with Crippen LogP contribution in [0.3, 0.4) is 0 Å². The van der Waals surface area contributed by atoms with Gasteiger partial charge in [0.05, 0.1) is 0 Å². The van der Waals surface area contributed by atoms with E-state index in [0.717, 1.165) is 0 Å². The van der Waals surface area contributed by atoms with E-state index in [0.29, 0.717) is 21.7 Å². The molecule has 0 spiro atoms. The molecule has 4 N–H and O–H groups in total. The number of nitrogens with one attached hydrogen (secondary N) is 2. The van der Waals surface area contributed by atoms with E-state index >= 15 is 0 Å². The Kier molecular flexibility index (Phi) is 2.68. The molecule has 0 aliphatic carbocycles. The normalized spacial score (nSPS) is 11.8. The summed E-state index contributed by atoms with van der Waals surface area (Å²) >= 11 is 1.22. The van der Waals surface area contributed by atoms with Crippen LogP contribution in [0.1, 0.15) is 0 Å². The van der Waals surface area contributed by atoms with Gasteiger partial charge in [0.15, 0.2) is 5.13 Å². The lowest BCUT2D eigenvalue weighted by Crippen LogP contribution is -2.12. The quantitative estimate of drug-likeness (QED) is 0.643. The van der Waals surface area contributed by atoms with E-state index in [9.17, 15) is 8.42 Å². The van der Waals surface area contributed by atoms with Crippen molar-refractivity contribution in [3.8, 4) is 0 Å². The second-order valence-corrected chi connectivity index (χ2v) is 6.45. The number of aromatic nitrogens is 2. The van der Waals surface area contributed by atoms with Crippen LogP contribution in [0.5, 0.6) is 0 Å². The highest BCUT2D eigenvalue weighted by atomic mass is 32.2. The second-order valence-electron chi connectivity index (χ2n) is 3.90. The van der Waals surface area contributed by atoms with Gasteiger partial charge in [0.2, 0.25) is 0 Å². The van der Waals surface area contributed by atoms with Crippen LogP contribution in [0.15, 0.2) is 40.9 Å². The number of benzene rings is 1. The first-order valence-electron chi connectivity index (χ1n) is 5.35. The van der Waals surface area contributed by atoms with Gasteiger partial charge in [-0.3, -0.25) is 4.72 Å². The average molecular weight is 294 g/mol. The lowest BCUT2D eigenvalue weighted by Gasteiger charge is -2.03. The number of nitrogens with two attached hydrogens (primary N) is 1. The Labute approximate surface area is 113 Å². The molecule has 0 saturated carbocycles. The molecule has 0 saturated heterocycles. The van der Waals surface area contributed by atoms with Crippen molar-refractivity contribution >= 4 is 43.1 Å². The van der Waals surface area contributed by atoms with Gasteiger partial charge in [0.1, 0.15) is 4.90 Å². The third-order valence-corrected chi connectivity index (χ3v) is 4.81. The average Bonchev–Trinajstić information content (AvgIpc) is 2.96. The van der Waals surface area contributed by atoms with E-state index < -0.39 is 10.0 Å². The molecule has 0 fully saturated rings. The first-order chi connectivity index (χ1) is 9.06. The maximum Gasteiger partial charge on any atom is 0.265 e. The molecule has 8 heteroatoms. The topological polar surface area (TPSA) is 101 Å². The zero-order valence-corrected chi connectivity index (χ0v) is 11.3. The molecule has 19 heavy (non-hydrogen) atoms. The monoisotopic (exact) mass is 294 g/mol. The van der Waals surface area contributed by atoms with Crippen molar-refractivity contribution in [1.82, 2.24) is 9.97 Å². The predicted octanol–water partition coefficient (Wildman–Crippen LogP) is 2.01. The third-order valence-electron chi connectivity index (χ3n) is 2.61. The summed E-state index contributed by atoms with van der Waals surface area (Å²) in [6, 6.07) is 5.04. The van der Waals surface area contributed by atoms with Crippen LogP contribution in [0.4, 0.5) is 10.8 Å². The van der Waals surface area contributed by atoms with Gasteiger partial charge in [-0.15, -0.1) is 11.3 Å². The van der Waals surface area contributed by atoms with Crippen LogP contribution in [0, 0.1) is 0 Å². The zero-order chi connectivity index (χ0) is 13.5. The summed E-state index contributed by atoms with van der Waals surface area (Å²) in [7, 11) is -3.65. The van der Waals surface area contributed by atoms with Crippen molar-refractivity contribution in [2.24, 2.45) is 0 Å². The van der Waals surface area contributed by atoms with Gasteiger partial charge in [-0.25, -0.2) is 13.4 Å². The van der Waals surface area contributed by atoms with E-state index in [-0.39, 0.29) is 4.90 Å². The molecule has 0 bridgehead atoms. The molecule has 6 nitrogen and oxygen atoms in total. The highest BCUT2D eigenvalue weighted by Gasteiger charge is 2.19. The molecule has 0 aliphatic rings. The van der Waals surface area contributed by atoms with Crippen molar-refractivity contribution in [3.05, 3.63) is 36.0 Å². The maximum absolute atomic E-state index is 12.3. The van der Waals surface area contributed by atoms with Crippen LogP contribution in [0.25, 0.3) is 10.9 Å². The fourth-order valence-electron chi connectivity index (χ4n) is 1.78. The van der Waals surface area contributed by atoms with Crippen molar-refractivity contribution in [2.45, 2.75) is 4.90 Å². The number of rotatable bonds is 3. The minimum absolute atomic E-state index is 0.178. The molecular weight excluding hydrogens is 284 g/mol. The number of nitrogen functional groups attached to an aromatic ring is 1. The molecule has 1 aromatic carbocycles. The molecule has 0 atom stereocenters. The summed E-state index contributed by atoms with van der Waals surface area (Å²) in [6.07, 6.45) is 2.98. The number of aromatic amines is 1. The number of thiazole rings is 1. The first kappa shape index (κ1) is 12.0. The molecule has 0 radical (unpaired) electrons.